The molecule has 2 rings (SSSR count). The second-order valence-corrected chi connectivity index (χ2v) is 6.76. The lowest BCUT2D eigenvalue weighted by molar-refractivity contribution is -0.145. The molecule has 0 heterocycles. The summed E-state index contributed by atoms with van der Waals surface area (Å²) in [4.78, 5) is 36.9. The number of aryl methyl sites for hydroxylation is 1. The van der Waals surface area contributed by atoms with Gasteiger partial charge in [0, 0.05) is 5.56 Å². The molecule has 2 aromatic rings. The summed E-state index contributed by atoms with van der Waals surface area (Å²) >= 11 is 0. The van der Waals surface area contributed by atoms with Gasteiger partial charge in [-0.2, -0.15) is 0 Å². The van der Waals surface area contributed by atoms with Crippen LogP contribution in [0.4, 0.5) is 4.39 Å². The maximum absolute atomic E-state index is 13.8. The number of nitrogens with one attached hydrogen (secondary N) is 1. The molecule has 148 valence electrons. The van der Waals surface area contributed by atoms with Gasteiger partial charge in [-0.3, -0.25) is 9.59 Å². The Bertz CT molecular complexity index is 846. The van der Waals surface area contributed by atoms with Crippen LogP contribution in [0.5, 0.6) is 0 Å². The molecule has 0 radical (unpaired) electrons. The first kappa shape index (κ1) is 21.3. The molecular weight excluding hydrogens is 361 g/mol. The number of esters is 1. The summed E-state index contributed by atoms with van der Waals surface area (Å²) in [6.45, 7) is 5.03. The number of carbonyl (C=O) groups is 3. The minimum absolute atomic E-state index is 0.159. The van der Waals surface area contributed by atoms with E-state index in [2.05, 4.69) is 5.32 Å². The second-order valence-electron chi connectivity index (χ2n) is 6.76. The van der Waals surface area contributed by atoms with E-state index in [0.717, 1.165) is 12.0 Å². The van der Waals surface area contributed by atoms with Crippen molar-refractivity contribution < 1.29 is 23.5 Å². The molecule has 0 spiro atoms. The molecule has 0 saturated heterocycles. The number of rotatable bonds is 8. The van der Waals surface area contributed by atoms with Gasteiger partial charge < -0.3 is 10.1 Å². The van der Waals surface area contributed by atoms with Crippen molar-refractivity contribution in [3.05, 3.63) is 71.0 Å². The first-order chi connectivity index (χ1) is 13.3. The van der Waals surface area contributed by atoms with Crippen LogP contribution in [0.15, 0.2) is 48.5 Å². The molecular formula is C22H24FNO4. The summed E-state index contributed by atoms with van der Waals surface area (Å²) in [6, 6.07) is 11.6. The first-order valence-electron chi connectivity index (χ1n) is 9.17. The van der Waals surface area contributed by atoms with Gasteiger partial charge in [0.05, 0.1) is 5.56 Å². The lowest BCUT2D eigenvalue weighted by Gasteiger charge is -2.21. The summed E-state index contributed by atoms with van der Waals surface area (Å²) in [5, 5.41) is 2.49. The van der Waals surface area contributed by atoms with Crippen molar-refractivity contribution in [3.63, 3.8) is 0 Å². The van der Waals surface area contributed by atoms with Crippen LogP contribution in [0.3, 0.4) is 0 Å². The van der Waals surface area contributed by atoms with Crippen LogP contribution >= 0.6 is 0 Å². The molecule has 28 heavy (non-hydrogen) atoms. The van der Waals surface area contributed by atoms with E-state index in [-0.39, 0.29) is 17.3 Å². The molecule has 0 bridgehead atoms. The van der Waals surface area contributed by atoms with Crippen molar-refractivity contribution in [2.24, 2.45) is 5.92 Å². The van der Waals surface area contributed by atoms with Crippen molar-refractivity contribution in [1.82, 2.24) is 5.32 Å². The molecule has 0 saturated carbocycles. The zero-order valence-corrected chi connectivity index (χ0v) is 16.2. The maximum Gasteiger partial charge on any atom is 0.329 e. The molecule has 0 aliphatic heterocycles. The van der Waals surface area contributed by atoms with Gasteiger partial charge in [0.15, 0.2) is 12.4 Å². The average molecular weight is 385 g/mol. The monoisotopic (exact) mass is 385 g/mol. The van der Waals surface area contributed by atoms with E-state index in [1.807, 2.05) is 19.1 Å². The van der Waals surface area contributed by atoms with Gasteiger partial charge >= 0.3 is 5.97 Å². The van der Waals surface area contributed by atoms with E-state index in [0.29, 0.717) is 5.56 Å². The van der Waals surface area contributed by atoms with Gasteiger partial charge in [-0.1, -0.05) is 57.2 Å². The van der Waals surface area contributed by atoms with Crippen LogP contribution in [-0.2, 0) is 16.0 Å². The Balaban J connectivity index is 1.99. The minimum atomic E-state index is -0.998. The van der Waals surface area contributed by atoms with Crippen molar-refractivity contribution >= 4 is 17.7 Å². The summed E-state index contributed by atoms with van der Waals surface area (Å²) < 4.78 is 18.9. The van der Waals surface area contributed by atoms with Crippen LogP contribution in [0.1, 0.15) is 47.1 Å². The Morgan fingerprint density at radius 3 is 2.25 bits per heavy atom. The molecule has 1 amide bonds. The highest BCUT2D eigenvalue weighted by Gasteiger charge is 2.27. The molecule has 1 unspecified atom stereocenters. The molecule has 2 aromatic carbocycles. The minimum Gasteiger partial charge on any atom is -0.456 e. The first-order valence-corrected chi connectivity index (χ1v) is 9.17. The third-order valence-corrected chi connectivity index (χ3v) is 4.36. The van der Waals surface area contributed by atoms with E-state index < -0.39 is 30.3 Å². The highest BCUT2D eigenvalue weighted by molar-refractivity contribution is 5.99. The van der Waals surface area contributed by atoms with E-state index in [1.165, 1.54) is 24.3 Å². The largest absolute Gasteiger partial charge is 0.456 e. The van der Waals surface area contributed by atoms with Crippen LogP contribution in [0, 0.1) is 11.7 Å². The molecule has 1 atom stereocenters. The molecule has 0 fully saturated rings. The molecule has 6 heteroatoms. The van der Waals surface area contributed by atoms with Crippen LogP contribution < -0.4 is 5.32 Å². The number of carbonyl (C=O) groups excluding carboxylic acids is 3. The van der Waals surface area contributed by atoms with Gasteiger partial charge in [0.2, 0.25) is 0 Å². The third-order valence-electron chi connectivity index (χ3n) is 4.36. The third kappa shape index (κ3) is 5.49. The molecule has 1 N–H and O–H groups in total. The van der Waals surface area contributed by atoms with Crippen molar-refractivity contribution in [2.45, 2.75) is 33.2 Å². The van der Waals surface area contributed by atoms with Crippen molar-refractivity contribution in [1.29, 1.82) is 0 Å². The predicted molar refractivity (Wildman–Crippen MR) is 104 cm³/mol. The summed E-state index contributed by atoms with van der Waals surface area (Å²) in [5.74, 6) is -2.77. The van der Waals surface area contributed by atoms with Crippen molar-refractivity contribution in [2.75, 3.05) is 6.61 Å². The fraction of sp³-hybridized carbons (Fsp3) is 0.318. The molecule has 5 nitrogen and oxygen atoms in total. The molecule has 0 aliphatic carbocycles. The lowest BCUT2D eigenvalue weighted by Crippen LogP contribution is -2.46. The number of ether oxygens (including phenoxy) is 1. The van der Waals surface area contributed by atoms with E-state index >= 15 is 0 Å². The fourth-order valence-corrected chi connectivity index (χ4v) is 2.60. The Morgan fingerprint density at radius 1 is 1.04 bits per heavy atom. The van der Waals surface area contributed by atoms with Gasteiger partial charge in [-0.05, 0) is 30.0 Å². The standard InChI is InChI=1S/C22H24FNO4/c1-4-15-9-11-16(12-10-15)19(25)13-28-22(27)20(14(2)3)24-21(26)17-7-5-6-8-18(17)23/h5-12,14,20H,4,13H2,1-3H3,(H,24,26). The van der Waals surface area contributed by atoms with Crippen molar-refractivity contribution in [3.8, 4) is 0 Å². The SMILES string of the molecule is CCc1ccc(C(=O)COC(=O)C(NC(=O)c2ccccc2F)C(C)C)cc1. The van der Waals surface area contributed by atoms with Gasteiger partial charge in [0.25, 0.3) is 5.91 Å². The number of benzene rings is 2. The number of halogens is 1. The van der Waals surface area contributed by atoms with E-state index in [4.69, 9.17) is 4.74 Å². The number of hydrogen-bond acceptors (Lipinski definition) is 4. The normalized spacial score (nSPS) is 11.8. The number of amides is 1. The number of hydrogen-bond donors (Lipinski definition) is 1. The number of ketones is 1. The summed E-state index contributed by atoms with van der Waals surface area (Å²) in [6.07, 6.45) is 0.862. The van der Waals surface area contributed by atoms with Crippen LogP contribution in [0.25, 0.3) is 0 Å². The van der Waals surface area contributed by atoms with Gasteiger partial charge in [-0.25, -0.2) is 9.18 Å². The lowest BCUT2D eigenvalue weighted by atomic mass is 10.0. The Kier molecular flexibility index (Phi) is 7.44. The second kappa shape index (κ2) is 9.78. The Hall–Kier alpha value is -3.02. The van der Waals surface area contributed by atoms with E-state index in [1.54, 1.807) is 26.0 Å². The zero-order chi connectivity index (χ0) is 20.7. The smallest absolute Gasteiger partial charge is 0.329 e. The van der Waals surface area contributed by atoms with Gasteiger partial charge in [0.1, 0.15) is 11.9 Å². The van der Waals surface area contributed by atoms with Crippen LogP contribution in [0.2, 0.25) is 0 Å². The van der Waals surface area contributed by atoms with Gasteiger partial charge in [-0.15, -0.1) is 0 Å². The maximum atomic E-state index is 13.8. The molecule has 0 aromatic heterocycles. The average Bonchev–Trinajstić information content (AvgIpc) is 2.69. The van der Waals surface area contributed by atoms with Crippen LogP contribution in [-0.4, -0.2) is 30.3 Å². The topological polar surface area (TPSA) is 72.5 Å². The number of Topliss-reactive ketones (excluding diaryl/α,β-unsaturated/α-hetero) is 1. The zero-order valence-electron chi connectivity index (χ0n) is 16.2. The Labute approximate surface area is 163 Å². The quantitative estimate of drug-likeness (QED) is 0.557. The fourth-order valence-electron chi connectivity index (χ4n) is 2.60. The van der Waals surface area contributed by atoms with E-state index in [9.17, 15) is 18.8 Å². The highest BCUT2D eigenvalue weighted by Crippen LogP contribution is 2.11. The predicted octanol–water partition coefficient (Wildman–Crippen LogP) is 3.57. The highest BCUT2D eigenvalue weighted by atomic mass is 19.1. The summed E-state index contributed by atoms with van der Waals surface area (Å²) in [7, 11) is 0. The molecule has 0 aliphatic rings. The summed E-state index contributed by atoms with van der Waals surface area (Å²) in [5.41, 5.74) is 1.39. The Morgan fingerprint density at radius 2 is 1.68 bits per heavy atom.